The van der Waals surface area contributed by atoms with Gasteiger partial charge in [-0.1, -0.05) is 61.4 Å². The predicted octanol–water partition coefficient (Wildman–Crippen LogP) is 4.98. The number of rotatable bonds is 6. The minimum absolute atomic E-state index is 1.07. The molecular formula is C12H19Br. The molecule has 0 saturated heterocycles. The summed E-state index contributed by atoms with van der Waals surface area (Å²) in [5, 5.41) is 0. The minimum atomic E-state index is 1.07. The first-order valence-electron chi connectivity index (χ1n) is 4.92. The van der Waals surface area contributed by atoms with Gasteiger partial charge in [-0.3, -0.25) is 0 Å². The highest BCUT2D eigenvalue weighted by Gasteiger charge is 1.94. The van der Waals surface area contributed by atoms with Crippen LogP contribution in [0.5, 0.6) is 0 Å². The summed E-state index contributed by atoms with van der Waals surface area (Å²) in [6, 6.07) is 0. The van der Waals surface area contributed by atoms with E-state index in [1.807, 2.05) is 0 Å². The molecular weight excluding hydrogens is 224 g/mol. The number of unbranched alkanes of at least 4 members (excludes halogenated alkanes) is 1. The third kappa shape index (κ3) is 6.83. The standard InChI is InChI=1S/C12H19Br/c1-4-6-7-8-10-12(13)11(3)9-5-2/h7-8,10H,3-6,9H2,1-2H3/b8-7-,12-10+. The van der Waals surface area contributed by atoms with Gasteiger partial charge in [0.25, 0.3) is 0 Å². The Labute approximate surface area is 90.6 Å². The van der Waals surface area contributed by atoms with Crippen molar-refractivity contribution < 1.29 is 0 Å². The van der Waals surface area contributed by atoms with Crippen LogP contribution in [-0.2, 0) is 0 Å². The molecule has 0 aliphatic carbocycles. The first-order chi connectivity index (χ1) is 6.22. The average molecular weight is 243 g/mol. The van der Waals surface area contributed by atoms with Gasteiger partial charge in [0.05, 0.1) is 0 Å². The largest absolute Gasteiger partial charge is 0.0947 e. The second-order valence-electron chi connectivity index (χ2n) is 3.08. The van der Waals surface area contributed by atoms with Crippen LogP contribution in [0.1, 0.15) is 39.5 Å². The van der Waals surface area contributed by atoms with E-state index in [0.717, 1.165) is 23.7 Å². The number of allylic oxidation sites excluding steroid dienone is 5. The number of hydrogen-bond acceptors (Lipinski definition) is 0. The molecule has 0 bridgehead atoms. The second-order valence-corrected chi connectivity index (χ2v) is 3.94. The van der Waals surface area contributed by atoms with E-state index in [4.69, 9.17) is 0 Å². The van der Waals surface area contributed by atoms with Gasteiger partial charge >= 0.3 is 0 Å². The third-order valence-electron chi connectivity index (χ3n) is 1.72. The van der Waals surface area contributed by atoms with E-state index in [2.05, 4.69) is 54.6 Å². The molecule has 0 nitrogen and oxygen atoms in total. The van der Waals surface area contributed by atoms with Gasteiger partial charge in [-0.2, -0.15) is 0 Å². The van der Waals surface area contributed by atoms with Crippen molar-refractivity contribution in [1.82, 2.24) is 0 Å². The van der Waals surface area contributed by atoms with Crippen LogP contribution < -0.4 is 0 Å². The van der Waals surface area contributed by atoms with Gasteiger partial charge in [-0.05, 0) is 24.5 Å². The summed E-state index contributed by atoms with van der Waals surface area (Å²) >= 11 is 3.51. The van der Waals surface area contributed by atoms with Crippen LogP contribution in [0.15, 0.2) is 34.9 Å². The highest BCUT2D eigenvalue weighted by Crippen LogP contribution is 2.19. The monoisotopic (exact) mass is 242 g/mol. The average Bonchev–Trinajstić information content (AvgIpc) is 2.12. The van der Waals surface area contributed by atoms with Crippen LogP contribution in [0.2, 0.25) is 0 Å². The zero-order chi connectivity index (χ0) is 10.1. The highest BCUT2D eigenvalue weighted by molar-refractivity contribution is 9.12. The summed E-state index contributed by atoms with van der Waals surface area (Å²) in [6.45, 7) is 8.34. The molecule has 13 heavy (non-hydrogen) atoms. The van der Waals surface area contributed by atoms with Crippen molar-refractivity contribution in [3.05, 3.63) is 34.9 Å². The maximum Gasteiger partial charge on any atom is 0.0201 e. The Morgan fingerprint density at radius 2 is 2.00 bits per heavy atom. The van der Waals surface area contributed by atoms with E-state index in [0.29, 0.717) is 0 Å². The summed E-state index contributed by atoms with van der Waals surface area (Å²) < 4.78 is 1.13. The molecule has 0 amide bonds. The van der Waals surface area contributed by atoms with E-state index >= 15 is 0 Å². The van der Waals surface area contributed by atoms with Gasteiger partial charge in [0.2, 0.25) is 0 Å². The van der Waals surface area contributed by atoms with Gasteiger partial charge in [0.15, 0.2) is 0 Å². The fourth-order valence-electron chi connectivity index (χ4n) is 0.954. The van der Waals surface area contributed by atoms with Crippen molar-refractivity contribution in [2.45, 2.75) is 39.5 Å². The molecule has 1 heteroatoms. The Bertz CT molecular complexity index is 199. The Kier molecular flexibility index (Phi) is 8.11. The summed E-state index contributed by atoms with van der Waals surface area (Å²) in [5.41, 5.74) is 1.18. The van der Waals surface area contributed by atoms with Crippen molar-refractivity contribution >= 4 is 15.9 Å². The van der Waals surface area contributed by atoms with Gasteiger partial charge < -0.3 is 0 Å². The molecule has 0 aliphatic heterocycles. The first kappa shape index (κ1) is 12.7. The zero-order valence-electron chi connectivity index (χ0n) is 8.65. The maximum atomic E-state index is 3.99. The van der Waals surface area contributed by atoms with E-state index in [9.17, 15) is 0 Å². The Hall–Kier alpha value is -0.300. The van der Waals surface area contributed by atoms with Crippen LogP contribution >= 0.6 is 15.9 Å². The van der Waals surface area contributed by atoms with Crippen LogP contribution in [-0.4, -0.2) is 0 Å². The molecule has 0 atom stereocenters. The van der Waals surface area contributed by atoms with E-state index in [1.165, 1.54) is 12.0 Å². The van der Waals surface area contributed by atoms with Crippen molar-refractivity contribution in [3.8, 4) is 0 Å². The summed E-state index contributed by atoms with van der Waals surface area (Å²) in [6.07, 6.45) is 10.9. The topological polar surface area (TPSA) is 0 Å². The molecule has 0 saturated carbocycles. The molecule has 0 spiro atoms. The van der Waals surface area contributed by atoms with E-state index < -0.39 is 0 Å². The molecule has 0 N–H and O–H groups in total. The molecule has 0 fully saturated rings. The molecule has 0 radical (unpaired) electrons. The van der Waals surface area contributed by atoms with Crippen LogP contribution in [0.4, 0.5) is 0 Å². The van der Waals surface area contributed by atoms with Crippen molar-refractivity contribution in [2.75, 3.05) is 0 Å². The van der Waals surface area contributed by atoms with E-state index in [-0.39, 0.29) is 0 Å². The van der Waals surface area contributed by atoms with Crippen LogP contribution in [0, 0.1) is 0 Å². The fourth-order valence-corrected chi connectivity index (χ4v) is 1.31. The van der Waals surface area contributed by atoms with Crippen LogP contribution in [0.3, 0.4) is 0 Å². The summed E-state index contributed by atoms with van der Waals surface area (Å²) in [4.78, 5) is 0. The zero-order valence-corrected chi connectivity index (χ0v) is 10.2. The highest BCUT2D eigenvalue weighted by atomic mass is 79.9. The van der Waals surface area contributed by atoms with Gasteiger partial charge in [-0.15, -0.1) is 0 Å². The lowest BCUT2D eigenvalue weighted by molar-refractivity contribution is 0.927. The van der Waals surface area contributed by atoms with Gasteiger partial charge in [0.1, 0.15) is 0 Å². The predicted molar refractivity (Wildman–Crippen MR) is 65.1 cm³/mol. The Balaban J connectivity index is 3.93. The summed E-state index contributed by atoms with van der Waals surface area (Å²) in [5.74, 6) is 0. The summed E-state index contributed by atoms with van der Waals surface area (Å²) in [7, 11) is 0. The fraction of sp³-hybridized carbons (Fsp3) is 0.500. The minimum Gasteiger partial charge on any atom is -0.0947 e. The second kappa shape index (κ2) is 8.31. The molecule has 0 unspecified atom stereocenters. The molecule has 0 rings (SSSR count). The molecule has 74 valence electrons. The SMILES string of the molecule is C=C(CCC)/C(Br)=C\C=C/CCC. The molecule has 0 aromatic heterocycles. The lowest BCUT2D eigenvalue weighted by Crippen LogP contribution is -1.78. The Morgan fingerprint density at radius 3 is 2.54 bits per heavy atom. The van der Waals surface area contributed by atoms with E-state index in [1.54, 1.807) is 0 Å². The molecule has 0 aliphatic rings. The van der Waals surface area contributed by atoms with Gasteiger partial charge in [-0.25, -0.2) is 0 Å². The first-order valence-corrected chi connectivity index (χ1v) is 5.72. The number of hydrogen-bond donors (Lipinski definition) is 0. The normalized spacial score (nSPS) is 12.4. The third-order valence-corrected chi connectivity index (χ3v) is 2.55. The van der Waals surface area contributed by atoms with Crippen molar-refractivity contribution in [1.29, 1.82) is 0 Å². The maximum absolute atomic E-state index is 3.99. The van der Waals surface area contributed by atoms with Gasteiger partial charge in [0, 0.05) is 4.48 Å². The lowest BCUT2D eigenvalue weighted by Gasteiger charge is -1.99. The van der Waals surface area contributed by atoms with Crippen molar-refractivity contribution in [2.24, 2.45) is 0 Å². The molecule has 0 heterocycles. The number of halogens is 1. The van der Waals surface area contributed by atoms with Crippen LogP contribution in [0.25, 0.3) is 0 Å². The molecule has 0 aromatic carbocycles. The Morgan fingerprint density at radius 1 is 1.31 bits per heavy atom. The molecule has 0 aromatic rings. The van der Waals surface area contributed by atoms with Crippen molar-refractivity contribution in [3.63, 3.8) is 0 Å². The smallest absolute Gasteiger partial charge is 0.0201 e. The lowest BCUT2D eigenvalue weighted by atomic mass is 10.1. The quantitative estimate of drug-likeness (QED) is 0.577.